The van der Waals surface area contributed by atoms with E-state index in [9.17, 15) is 4.79 Å². The number of aromatic nitrogens is 4. The second-order valence-electron chi connectivity index (χ2n) is 7.24. The van der Waals surface area contributed by atoms with E-state index in [-0.39, 0.29) is 12.3 Å². The number of carbonyl (C=O) groups is 1. The average Bonchev–Trinajstić information content (AvgIpc) is 3.43. The first kappa shape index (κ1) is 19.2. The van der Waals surface area contributed by atoms with Gasteiger partial charge in [-0.25, -0.2) is 4.68 Å². The second kappa shape index (κ2) is 8.89. The van der Waals surface area contributed by atoms with Gasteiger partial charge in [0.05, 0.1) is 19.3 Å². The number of nitrogens with zero attached hydrogens (tertiary/aromatic N) is 4. The molecule has 3 aromatic rings. The molecule has 0 radical (unpaired) electrons. The summed E-state index contributed by atoms with van der Waals surface area (Å²) < 4.78 is 12.4. The summed E-state index contributed by atoms with van der Waals surface area (Å²) in [4.78, 5) is 16.8. The number of methoxy groups -OCH3 is 1. The predicted octanol–water partition coefficient (Wildman–Crippen LogP) is 4.02. The highest BCUT2D eigenvalue weighted by Crippen LogP contribution is 2.30. The van der Waals surface area contributed by atoms with Crippen LogP contribution >= 0.6 is 0 Å². The van der Waals surface area contributed by atoms with Gasteiger partial charge in [0.1, 0.15) is 11.6 Å². The zero-order valence-corrected chi connectivity index (χ0v) is 16.5. The lowest BCUT2D eigenvalue weighted by Crippen LogP contribution is -2.20. The van der Waals surface area contributed by atoms with Gasteiger partial charge in [-0.05, 0) is 37.1 Å². The molecule has 1 fully saturated rings. The van der Waals surface area contributed by atoms with Crippen molar-refractivity contribution in [2.75, 3.05) is 12.4 Å². The molecule has 1 N–H and O–H groups in total. The lowest BCUT2D eigenvalue weighted by molar-refractivity contribution is -0.116. The number of hydrogen-bond acceptors (Lipinski definition) is 6. The zero-order chi connectivity index (χ0) is 20.1. The SMILES string of the molecule is COc1ccc(-c2noc(CCC(=O)Nc3ccnn3C3CCCCC3)n2)cc1. The van der Waals surface area contributed by atoms with Crippen LogP contribution in [-0.4, -0.2) is 32.9 Å². The Kier molecular flexibility index (Phi) is 5.88. The Morgan fingerprint density at radius 1 is 1.21 bits per heavy atom. The van der Waals surface area contributed by atoms with E-state index in [2.05, 4.69) is 20.6 Å². The van der Waals surface area contributed by atoms with Gasteiger partial charge in [-0.15, -0.1) is 0 Å². The first-order chi connectivity index (χ1) is 14.2. The highest BCUT2D eigenvalue weighted by Gasteiger charge is 2.19. The summed E-state index contributed by atoms with van der Waals surface area (Å²) >= 11 is 0. The van der Waals surface area contributed by atoms with Gasteiger partial charge in [0.15, 0.2) is 0 Å². The maximum absolute atomic E-state index is 12.4. The van der Waals surface area contributed by atoms with Crippen LogP contribution in [0.5, 0.6) is 5.75 Å². The quantitative estimate of drug-likeness (QED) is 0.649. The first-order valence-corrected chi connectivity index (χ1v) is 10.0. The molecular weight excluding hydrogens is 370 g/mol. The number of aryl methyl sites for hydroxylation is 1. The normalized spacial score (nSPS) is 14.7. The number of ether oxygens (including phenoxy) is 1. The largest absolute Gasteiger partial charge is 0.497 e. The van der Waals surface area contributed by atoms with Crippen LogP contribution in [0.1, 0.15) is 50.5 Å². The molecule has 0 spiro atoms. The van der Waals surface area contributed by atoms with Gasteiger partial charge in [-0.3, -0.25) is 4.79 Å². The molecule has 8 nitrogen and oxygen atoms in total. The maximum Gasteiger partial charge on any atom is 0.227 e. The third-order valence-electron chi connectivity index (χ3n) is 5.24. The highest BCUT2D eigenvalue weighted by atomic mass is 16.5. The van der Waals surface area contributed by atoms with Crippen LogP contribution in [0.2, 0.25) is 0 Å². The van der Waals surface area contributed by atoms with E-state index in [0.29, 0.717) is 24.2 Å². The molecule has 29 heavy (non-hydrogen) atoms. The van der Waals surface area contributed by atoms with Crippen molar-refractivity contribution in [3.8, 4) is 17.1 Å². The van der Waals surface area contributed by atoms with Gasteiger partial charge in [-0.1, -0.05) is 24.4 Å². The van der Waals surface area contributed by atoms with Crippen molar-refractivity contribution in [2.24, 2.45) is 0 Å². The molecule has 1 aliphatic carbocycles. The van der Waals surface area contributed by atoms with Crippen LogP contribution in [0.4, 0.5) is 5.82 Å². The number of rotatable bonds is 7. The van der Waals surface area contributed by atoms with Crippen molar-refractivity contribution in [3.63, 3.8) is 0 Å². The number of carbonyl (C=O) groups excluding carboxylic acids is 1. The minimum absolute atomic E-state index is 0.0910. The fourth-order valence-electron chi connectivity index (χ4n) is 3.67. The van der Waals surface area contributed by atoms with Gasteiger partial charge in [0, 0.05) is 24.5 Å². The van der Waals surface area contributed by atoms with Crippen molar-refractivity contribution in [1.29, 1.82) is 0 Å². The van der Waals surface area contributed by atoms with E-state index in [1.54, 1.807) is 13.3 Å². The molecular formula is C21H25N5O3. The number of nitrogens with one attached hydrogen (secondary N) is 1. The molecule has 0 bridgehead atoms. The summed E-state index contributed by atoms with van der Waals surface area (Å²) in [6.45, 7) is 0. The lowest BCUT2D eigenvalue weighted by Gasteiger charge is -2.23. The number of hydrogen-bond donors (Lipinski definition) is 1. The van der Waals surface area contributed by atoms with Crippen LogP contribution in [-0.2, 0) is 11.2 Å². The average molecular weight is 395 g/mol. The monoisotopic (exact) mass is 395 g/mol. The summed E-state index contributed by atoms with van der Waals surface area (Å²) in [7, 11) is 1.62. The standard InChI is InChI=1S/C21H25N5O3/c1-28-17-9-7-15(8-10-17)21-24-20(29-25-21)12-11-19(27)23-18-13-14-22-26(18)16-5-3-2-4-6-16/h7-10,13-14,16H,2-6,11-12H2,1H3,(H,23,27). The van der Waals surface area contributed by atoms with Gasteiger partial charge >= 0.3 is 0 Å². The summed E-state index contributed by atoms with van der Waals surface area (Å²) in [5.74, 6) is 2.37. The molecule has 0 saturated heterocycles. The van der Waals surface area contributed by atoms with Crippen LogP contribution in [0.15, 0.2) is 41.1 Å². The zero-order valence-electron chi connectivity index (χ0n) is 16.5. The van der Waals surface area contributed by atoms with E-state index in [4.69, 9.17) is 9.26 Å². The molecule has 1 aromatic carbocycles. The molecule has 0 atom stereocenters. The fourth-order valence-corrected chi connectivity index (χ4v) is 3.67. The molecule has 8 heteroatoms. The van der Waals surface area contributed by atoms with E-state index in [1.165, 1.54) is 19.3 Å². The van der Waals surface area contributed by atoms with E-state index in [0.717, 1.165) is 30.0 Å². The van der Waals surface area contributed by atoms with Crippen molar-refractivity contribution in [3.05, 3.63) is 42.4 Å². The van der Waals surface area contributed by atoms with Gasteiger partial charge in [0.2, 0.25) is 17.6 Å². The Bertz CT molecular complexity index is 941. The Morgan fingerprint density at radius 3 is 2.76 bits per heavy atom. The minimum Gasteiger partial charge on any atom is -0.497 e. The third kappa shape index (κ3) is 4.64. The summed E-state index contributed by atoms with van der Waals surface area (Å²) in [5.41, 5.74) is 0.835. The molecule has 0 unspecified atom stereocenters. The van der Waals surface area contributed by atoms with Gasteiger partial charge in [-0.2, -0.15) is 10.1 Å². The predicted molar refractivity (Wildman–Crippen MR) is 108 cm³/mol. The summed E-state index contributed by atoms with van der Waals surface area (Å²) in [6.07, 6.45) is 8.32. The van der Waals surface area contributed by atoms with Crippen LogP contribution < -0.4 is 10.1 Å². The molecule has 1 amide bonds. The number of benzene rings is 1. The van der Waals surface area contributed by atoms with Crippen LogP contribution in [0.3, 0.4) is 0 Å². The van der Waals surface area contributed by atoms with Crippen molar-refractivity contribution >= 4 is 11.7 Å². The smallest absolute Gasteiger partial charge is 0.227 e. The minimum atomic E-state index is -0.0910. The van der Waals surface area contributed by atoms with E-state index < -0.39 is 0 Å². The first-order valence-electron chi connectivity index (χ1n) is 10.0. The molecule has 152 valence electrons. The summed E-state index contributed by atoms with van der Waals surface area (Å²) in [6, 6.07) is 9.64. The van der Waals surface area contributed by atoms with Gasteiger partial charge in [0.25, 0.3) is 0 Å². The van der Waals surface area contributed by atoms with Crippen molar-refractivity contribution in [1.82, 2.24) is 19.9 Å². The molecule has 2 aromatic heterocycles. The van der Waals surface area contributed by atoms with E-state index >= 15 is 0 Å². The summed E-state index contributed by atoms with van der Waals surface area (Å²) in [5, 5.41) is 11.4. The van der Waals surface area contributed by atoms with Crippen LogP contribution in [0.25, 0.3) is 11.4 Å². The number of amides is 1. The van der Waals surface area contributed by atoms with Crippen molar-refractivity contribution < 1.29 is 14.1 Å². The molecule has 1 saturated carbocycles. The fraction of sp³-hybridized carbons (Fsp3) is 0.429. The molecule has 0 aliphatic heterocycles. The Morgan fingerprint density at radius 2 is 2.00 bits per heavy atom. The number of anilines is 1. The van der Waals surface area contributed by atoms with Crippen LogP contribution in [0, 0.1) is 0 Å². The Labute approximate surface area is 169 Å². The highest BCUT2D eigenvalue weighted by molar-refractivity contribution is 5.89. The molecule has 1 aliphatic rings. The maximum atomic E-state index is 12.4. The topological polar surface area (TPSA) is 95.1 Å². The molecule has 4 rings (SSSR count). The van der Waals surface area contributed by atoms with E-state index in [1.807, 2.05) is 35.0 Å². The lowest BCUT2D eigenvalue weighted by atomic mass is 9.96. The third-order valence-corrected chi connectivity index (χ3v) is 5.24. The second-order valence-corrected chi connectivity index (χ2v) is 7.24. The molecule has 2 heterocycles. The van der Waals surface area contributed by atoms with Crippen molar-refractivity contribution in [2.45, 2.75) is 51.0 Å². The Balaban J connectivity index is 1.32. The van der Waals surface area contributed by atoms with Gasteiger partial charge < -0.3 is 14.6 Å². The Hall–Kier alpha value is -3.16.